The van der Waals surface area contributed by atoms with Crippen LogP contribution in [0, 0.1) is 5.92 Å². The van der Waals surface area contributed by atoms with Crippen molar-refractivity contribution in [1.82, 2.24) is 20.4 Å². The second-order valence-corrected chi connectivity index (χ2v) is 5.05. The van der Waals surface area contributed by atoms with Gasteiger partial charge in [-0.25, -0.2) is 4.68 Å². The van der Waals surface area contributed by atoms with Gasteiger partial charge in [-0.3, -0.25) is 0 Å². The van der Waals surface area contributed by atoms with E-state index in [1.165, 1.54) is 31.7 Å². The zero-order valence-corrected chi connectivity index (χ0v) is 10.2. The number of nitrogens with zero attached hydrogens (tertiary/aromatic N) is 2. The maximum Gasteiger partial charge on any atom is 0.124 e. The second-order valence-electron chi connectivity index (χ2n) is 5.05. The molecule has 0 bridgehead atoms. The van der Waals surface area contributed by atoms with Gasteiger partial charge in [-0.1, -0.05) is 0 Å². The van der Waals surface area contributed by atoms with E-state index in [-0.39, 0.29) is 0 Å². The minimum atomic E-state index is 0.542. The number of nitrogens with one attached hydrogen (secondary N) is 3. The molecule has 2 saturated heterocycles. The molecule has 0 radical (unpaired) electrons. The first-order valence-corrected chi connectivity index (χ1v) is 6.62. The Morgan fingerprint density at radius 2 is 2.29 bits per heavy atom. The van der Waals surface area contributed by atoms with Crippen molar-refractivity contribution in [3.63, 3.8) is 0 Å². The van der Waals surface area contributed by atoms with E-state index < -0.39 is 0 Å². The molecular formula is C12H21N5. The van der Waals surface area contributed by atoms with Gasteiger partial charge in [-0.05, 0) is 31.8 Å². The van der Waals surface area contributed by atoms with Gasteiger partial charge in [-0.15, -0.1) is 0 Å². The SMILES string of the molecule is c1cc(NCCC2CCNC2)n(C2CNC2)n1. The van der Waals surface area contributed by atoms with Crippen LogP contribution in [0.4, 0.5) is 5.82 Å². The van der Waals surface area contributed by atoms with E-state index in [4.69, 9.17) is 0 Å². The van der Waals surface area contributed by atoms with Crippen LogP contribution in [0.25, 0.3) is 0 Å². The summed E-state index contributed by atoms with van der Waals surface area (Å²) in [7, 11) is 0. The van der Waals surface area contributed by atoms with Crippen LogP contribution >= 0.6 is 0 Å². The molecule has 2 aliphatic heterocycles. The molecule has 0 spiro atoms. The molecule has 94 valence electrons. The van der Waals surface area contributed by atoms with Crippen LogP contribution in [-0.2, 0) is 0 Å². The lowest BCUT2D eigenvalue weighted by molar-refractivity contribution is 0.321. The normalized spacial score (nSPS) is 24.8. The molecule has 0 aliphatic carbocycles. The van der Waals surface area contributed by atoms with Gasteiger partial charge in [0.1, 0.15) is 5.82 Å². The number of anilines is 1. The third-order valence-corrected chi connectivity index (χ3v) is 3.80. The Balaban J connectivity index is 1.48. The highest BCUT2D eigenvalue weighted by Gasteiger charge is 2.21. The average Bonchev–Trinajstić information content (AvgIpc) is 2.88. The molecule has 0 saturated carbocycles. The predicted molar refractivity (Wildman–Crippen MR) is 68.2 cm³/mol. The largest absolute Gasteiger partial charge is 0.370 e. The van der Waals surface area contributed by atoms with Crippen LogP contribution in [0.5, 0.6) is 0 Å². The van der Waals surface area contributed by atoms with Gasteiger partial charge in [0.2, 0.25) is 0 Å². The van der Waals surface area contributed by atoms with Crippen molar-refractivity contribution in [2.75, 3.05) is 38.0 Å². The van der Waals surface area contributed by atoms with E-state index in [1.807, 2.05) is 6.20 Å². The first-order chi connectivity index (χ1) is 8.43. The van der Waals surface area contributed by atoms with E-state index in [0.717, 1.165) is 25.6 Å². The van der Waals surface area contributed by atoms with Crippen molar-refractivity contribution in [1.29, 1.82) is 0 Å². The molecule has 2 aliphatic rings. The topological polar surface area (TPSA) is 53.9 Å². The van der Waals surface area contributed by atoms with E-state index in [0.29, 0.717) is 6.04 Å². The molecule has 3 N–H and O–H groups in total. The Hall–Kier alpha value is -1.07. The van der Waals surface area contributed by atoms with Crippen LogP contribution in [-0.4, -0.2) is 42.5 Å². The van der Waals surface area contributed by atoms with E-state index >= 15 is 0 Å². The van der Waals surface area contributed by atoms with Crippen LogP contribution in [0.15, 0.2) is 12.3 Å². The third-order valence-electron chi connectivity index (χ3n) is 3.80. The highest BCUT2D eigenvalue weighted by molar-refractivity contribution is 5.34. The van der Waals surface area contributed by atoms with Gasteiger partial charge < -0.3 is 16.0 Å². The Labute approximate surface area is 102 Å². The van der Waals surface area contributed by atoms with E-state index in [2.05, 4.69) is 31.8 Å². The summed E-state index contributed by atoms with van der Waals surface area (Å²) in [5, 5.41) is 14.6. The van der Waals surface area contributed by atoms with Gasteiger partial charge in [-0.2, -0.15) is 5.10 Å². The van der Waals surface area contributed by atoms with Crippen molar-refractivity contribution in [2.45, 2.75) is 18.9 Å². The average molecular weight is 235 g/mol. The molecule has 3 heterocycles. The molecule has 5 heteroatoms. The summed E-state index contributed by atoms with van der Waals surface area (Å²) in [6.45, 7) is 5.52. The highest BCUT2D eigenvalue weighted by Crippen LogP contribution is 2.18. The van der Waals surface area contributed by atoms with Crippen molar-refractivity contribution in [3.05, 3.63) is 12.3 Å². The molecule has 1 unspecified atom stereocenters. The molecule has 0 amide bonds. The van der Waals surface area contributed by atoms with Crippen LogP contribution in [0.3, 0.4) is 0 Å². The zero-order chi connectivity index (χ0) is 11.5. The van der Waals surface area contributed by atoms with Gasteiger partial charge >= 0.3 is 0 Å². The summed E-state index contributed by atoms with van der Waals surface area (Å²) >= 11 is 0. The molecule has 0 aromatic carbocycles. The summed E-state index contributed by atoms with van der Waals surface area (Å²) in [6.07, 6.45) is 4.46. The van der Waals surface area contributed by atoms with E-state index in [1.54, 1.807) is 0 Å². The van der Waals surface area contributed by atoms with Gasteiger partial charge in [0.15, 0.2) is 0 Å². The summed E-state index contributed by atoms with van der Waals surface area (Å²) in [5.74, 6) is 2.02. The monoisotopic (exact) mass is 235 g/mol. The molecule has 2 fully saturated rings. The third kappa shape index (κ3) is 2.45. The maximum atomic E-state index is 4.39. The number of aromatic nitrogens is 2. The fourth-order valence-corrected chi connectivity index (χ4v) is 2.56. The fraction of sp³-hybridized carbons (Fsp3) is 0.750. The first-order valence-electron chi connectivity index (χ1n) is 6.62. The standard InChI is InChI=1S/C12H21N5/c1-4-13-7-10(1)2-5-15-12-3-6-16-17(12)11-8-14-9-11/h3,6,10-11,13-15H,1-2,4-5,7-9H2. The lowest BCUT2D eigenvalue weighted by atomic mass is 10.1. The molecule has 17 heavy (non-hydrogen) atoms. The smallest absolute Gasteiger partial charge is 0.124 e. The van der Waals surface area contributed by atoms with Crippen molar-refractivity contribution in [3.8, 4) is 0 Å². The van der Waals surface area contributed by atoms with Crippen LogP contribution in [0.2, 0.25) is 0 Å². The van der Waals surface area contributed by atoms with Gasteiger partial charge in [0.25, 0.3) is 0 Å². The van der Waals surface area contributed by atoms with Crippen molar-refractivity contribution in [2.24, 2.45) is 5.92 Å². The number of rotatable bonds is 5. The second kappa shape index (κ2) is 5.06. The fourth-order valence-electron chi connectivity index (χ4n) is 2.56. The quantitative estimate of drug-likeness (QED) is 0.693. The van der Waals surface area contributed by atoms with Crippen LogP contribution < -0.4 is 16.0 Å². The summed E-state index contributed by atoms with van der Waals surface area (Å²) in [6, 6.07) is 2.62. The molecule has 5 nitrogen and oxygen atoms in total. The molecule has 1 aromatic heterocycles. The Bertz CT molecular complexity index is 352. The lowest BCUT2D eigenvalue weighted by Crippen LogP contribution is -2.44. The highest BCUT2D eigenvalue weighted by atomic mass is 15.4. The number of hydrogen-bond donors (Lipinski definition) is 3. The van der Waals surface area contributed by atoms with Crippen molar-refractivity contribution < 1.29 is 0 Å². The summed E-state index contributed by atoms with van der Waals surface area (Å²) in [5.41, 5.74) is 0. The van der Waals surface area contributed by atoms with E-state index in [9.17, 15) is 0 Å². The number of hydrogen-bond acceptors (Lipinski definition) is 4. The lowest BCUT2D eigenvalue weighted by Gasteiger charge is -2.29. The van der Waals surface area contributed by atoms with Gasteiger partial charge in [0.05, 0.1) is 12.2 Å². The first kappa shape index (κ1) is 11.0. The Morgan fingerprint density at radius 3 is 3.00 bits per heavy atom. The Morgan fingerprint density at radius 1 is 1.35 bits per heavy atom. The maximum absolute atomic E-state index is 4.39. The summed E-state index contributed by atoms with van der Waals surface area (Å²) < 4.78 is 2.11. The van der Waals surface area contributed by atoms with Gasteiger partial charge in [0, 0.05) is 25.7 Å². The zero-order valence-electron chi connectivity index (χ0n) is 10.2. The molecule has 3 rings (SSSR count). The van der Waals surface area contributed by atoms with Crippen LogP contribution in [0.1, 0.15) is 18.9 Å². The predicted octanol–water partition coefficient (Wildman–Crippen LogP) is 0.439. The molecular weight excluding hydrogens is 214 g/mol. The summed E-state index contributed by atoms with van der Waals surface area (Å²) in [4.78, 5) is 0. The Kier molecular flexibility index (Phi) is 3.29. The minimum Gasteiger partial charge on any atom is -0.370 e. The molecule has 1 atom stereocenters. The van der Waals surface area contributed by atoms with Crippen molar-refractivity contribution >= 4 is 5.82 Å². The minimum absolute atomic E-state index is 0.542. The molecule has 1 aromatic rings.